The van der Waals surface area contributed by atoms with Gasteiger partial charge in [0.25, 0.3) is 0 Å². The van der Waals surface area contributed by atoms with Gasteiger partial charge in [-0.2, -0.15) is 0 Å². The van der Waals surface area contributed by atoms with E-state index in [1.165, 1.54) is 5.57 Å². The molecule has 0 aliphatic heterocycles. The summed E-state index contributed by atoms with van der Waals surface area (Å²) in [6.07, 6.45) is 6.60. The molecule has 0 radical (unpaired) electrons. The topological polar surface area (TPSA) is 26.3 Å². The molecule has 0 N–H and O–H groups in total. The van der Waals surface area contributed by atoms with E-state index in [-0.39, 0.29) is 5.97 Å². The Labute approximate surface area is 118 Å². The van der Waals surface area contributed by atoms with E-state index >= 15 is 0 Å². The predicted octanol–water partition coefficient (Wildman–Crippen LogP) is 4.89. The third-order valence-corrected chi connectivity index (χ3v) is 3.42. The normalized spacial score (nSPS) is 13.3. The zero-order chi connectivity index (χ0) is 14.7. The number of allylic oxidation sites excluding steroid dienone is 1. The first kappa shape index (κ1) is 18.0. The van der Waals surface area contributed by atoms with Crippen LogP contribution < -0.4 is 0 Å². The first-order valence-corrected chi connectivity index (χ1v) is 7.57. The van der Waals surface area contributed by atoms with Crippen LogP contribution in [0.1, 0.15) is 66.7 Å². The van der Waals surface area contributed by atoms with E-state index in [1.807, 2.05) is 0 Å². The summed E-state index contributed by atoms with van der Waals surface area (Å²) in [6.45, 7) is 11.2. The summed E-state index contributed by atoms with van der Waals surface area (Å²) in [6, 6.07) is 0. The molecule has 0 aromatic heterocycles. The van der Waals surface area contributed by atoms with E-state index in [4.69, 9.17) is 4.74 Å². The molecule has 0 rings (SSSR count). The average Bonchev–Trinajstić information content (AvgIpc) is 2.41. The Bertz CT molecular complexity index is 311. The quantitative estimate of drug-likeness (QED) is 0.438. The van der Waals surface area contributed by atoms with Crippen molar-refractivity contribution in [2.45, 2.75) is 66.7 Å². The third kappa shape index (κ3) is 10.6. The predicted molar refractivity (Wildman–Crippen MR) is 81.0 cm³/mol. The maximum Gasteiger partial charge on any atom is 0.305 e. The Morgan fingerprint density at radius 2 is 1.89 bits per heavy atom. The Morgan fingerprint density at radius 1 is 1.21 bits per heavy atom. The Kier molecular flexibility index (Phi) is 10.3. The standard InChI is InChI=1S/C17H30O2/c1-6-14(3)11-12-16(5)9-8-10-17(18)19-13-15(4)7-2/h11,14-15H,6-10,13H2,1-5H3. The van der Waals surface area contributed by atoms with Crippen LogP contribution in [0.3, 0.4) is 0 Å². The monoisotopic (exact) mass is 266 g/mol. The van der Waals surface area contributed by atoms with Crippen molar-refractivity contribution < 1.29 is 9.53 Å². The molecule has 0 bridgehead atoms. The minimum absolute atomic E-state index is 0.0704. The highest BCUT2D eigenvalue weighted by Gasteiger charge is 2.05. The largest absolute Gasteiger partial charge is 0.465 e. The van der Waals surface area contributed by atoms with Crippen LogP contribution in [0.5, 0.6) is 0 Å². The molecule has 0 aromatic carbocycles. The van der Waals surface area contributed by atoms with Crippen molar-refractivity contribution in [1.82, 2.24) is 0 Å². The number of carbonyl (C=O) groups excluding carboxylic acids is 1. The lowest BCUT2D eigenvalue weighted by Gasteiger charge is -2.09. The highest BCUT2D eigenvalue weighted by Crippen LogP contribution is 2.09. The second kappa shape index (κ2) is 10.9. The molecule has 2 nitrogen and oxygen atoms in total. The van der Waals surface area contributed by atoms with Crippen LogP contribution >= 0.6 is 0 Å². The lowest BCUT2D eigenvalue weighted by atomic mass is 10.1. The fraction of sp³-hybridized carbons (Fsp3) is 0.765. The molecule has 0 amide bonds. The van der Waals surface area contributed by atoms with Gasteiger partial charge in [0.05, 0.1) is 6.61 Å². The van der Waals surface area contributed by atoms with Crippen molar-refractivity contribution in [3.8, 4) is 0 Å². The van der Waals surface area contributed by atoms with Crippen LogP contribution in [0.25, 0.3) is 0 Å². The van der Waals surface area contributed by atoms with Gasteiger partial charge in [0.1, 0.15) is 0 Å². The van der Waals surface area contributed by atoms with Gasteiger partial charge in [0.15, 0.2) is 0 Å². The van der Waals surface area contributed by atoms with E-state index in [0.29, 0.717) is 24.9 Å². The Morgan fingerprint density at radius 3 is 2.47 bits per heavy atom. The van der Waals surface area contributed by atoms with Crippen LogP contribution in [0.2, 0.25) is 0 Å². The summed E-state index contributed by atoms with van der Waals surface area (Å²) < 4.78 is 5.22. The van der Waals surface area contributed by atoms with Crippen molar-refractivity contribution in [3.63, 3.8) is 0 Å². The van der Waals surface area contributed by atoms with Crippen molar-refractivity contribution in [2.24, 2.45) is 11.8 Å². The third-order valence-electron chi connectivity index (χ3n) is 3.42. The molecule has 2 heteroatoms. The first-order chi connectivity index (χ1) is 8.99. The van der Waals surface area contributed by atoms with Crippen LogP contribution in [0, 0.1) is 11.8 Å². The average molecular weight is 266 g/mol. The number of rotatable bonds is 9. The van der Waals surface area contributed by atoms with Crippen molar-refractivity contribution in [3.05, 3.63) is 17.4 Å². The molecule has 0 spiro atoms. The maximum absolute atomic E-state index is 11.5. The molecule has 0 saturated heterocycles. The van der Waals surface area contributed by atoms with Gasteiger partial charge >= 0.3 is 5.97 Å². The zero-order valence-corrected chi connectivity index (χ0v) is 13.3. The molecule has 0 fully saturated rings. The number of hydrogen-bond donors (Lipinski definition) is 0. The van der Waals surface area contributed by atoms with Crippen LogP contribution in [0.4, 0.5) is 0 Å². The van der Waals surface area contributed by atoms with Gasteiger partial charge in [0, 0.05) is 6.42 Å². The molecule has 0 saturated carbocycles. The summed E-state index contributed by atoms with van der Waals surface area (Å²) in [5, 5.41) is 0. The fourth-order valence-electron chi connectivity index (χ4n) is 1.40. The van der Waals surface area contributed by atoms with Crippen molar-refractivity contribution in [1.29, 1.82) is 0 Å². The van der Waals surface area contributed by atoms with Crippen LogP contribution in [-0.4, -0.2) is 12.6 Å². The van der Waals surface area contributed by atoms with Gasteiger partial charge in [-0.25, -0.2) is 0 Å². The molecule has 0 aliphatic carbocycles. The Balaban J connectivity index is 3.84. The number of carbonyl (C=O) groups is 1. The van der Waals surface area contributed by atoms with Gasteiger partial charge in [-0.3, -0.25) is 4.79 Å². The molecule has 0 aliphatic rings. The minimum Gasteiger partial charge on any atom is -0.465 e. The van der Waals surface area contributed by atoms with Crippen LogP contribution in [0.15, 0.2) is 17.4 Å². The second-order valence-corrected chi connectivity index (χ2v) is 5.53. The molecule has 19 heavy (non-hydrogen) atoms. The summed E-state index contributed by atoms with van der Waals surface area (Å²) in [5.41, 5.74) is 4.52. The highest BCUT2D eigenvalue weighted by molar-refractivity contribution is 5.69. The van der Waals surface area contributed by atoms with Gasteiger partial charge in [-0.05, 0) is 49.7 Å². The van der Waals surface area contributed by atoms with E-state index < -0.39 is 0 Å². The lowest BCUT2D eigenvalue weighted by molar-refractivity contribution is -0.145. The molecule has 0 heterocycles. The van der Waals surface area contributed by atoms with Gasteiger partial charge in [0.2, 0.25) is 0 Å². The molecule has 0 aromatic rings. The summed E-state index contributed by atoms with van der Waals surface area (Å²) in [4.78, 5) is 11.5. The lowest BCUT2D eigenvalue weighted by Crippen LogP contribution is -2.11. The van der Waals surface area contributed by atoms with Crippen molar-refractivity contribution >= 4 is 5.97 Å². The van der Waals surface area contributed by atoms with E-state index in [2.05, 4.69) is 46.4 Å². The number of ether oxygens (including phenoxy) is 1. The fourth-order valence-corrected chi connectivity index (χ4v) is 1.40. The van der Waals surface area contributed by atoms with E-state index in [9.17, 15) is 4.79 Å². The number of esters is 1. The van der Waals surface area contributed by atoms with Crippen LogP contribution in [-0.2, 0) is 9.53 Å². The molecule has 110 valence electrons. The maximum atomic E-state index is 11.5. The molecule has 2 unspecified atom stereocenters. The molecular weight excluding hydrogens is 236 g/mol. The summed E-state index contributed by atoms with van der Waals surface area (Å²) in [5.74, 6) is 0.971. The van der Waals surface area contributed by atoms with E-state index in [1.54, 1.807) is 0 Å². The van der Waals surface area contributed by atoms with Gasteiger partial charge < -0.3 is 4.74 Å². The smallest absolute Gasteiger partial charge is 0.305 e. The summed E-state index contributed by atoms with van der Waals surface area (Å²) in [7, 11) is 0. The second-order valence-electron chi connectivity index (χ2n) is 5.53. The number of hydrogen-bond acceptors (Lipinski definition) is 2. The van der Waals surface area contributed by atoms with Crippen molar-refractivity contribution in [2.75, 3.05) is 6.61 Å². The summed E-state index contributed by atoms with van der Waals surface area (Å²) >= 11 is 0. The molecule has 2 atom stereocenters. The zero-order valence-electron chi connectivity index (χ0n) is 13.3. The van der Waals surface area contributed by atoms with Gasteiger partial charge in [-0.1, -0.05) is 34.1 Å². The molecular formula is C17H30O2. The first-order valence-electron chi connectivity index (χ1n) is 7.57. The highest BCUT2D eigenvalue weighted by atomic mass is 16.5. The van der Waals surface area contributed by atoms with Gasteiger partial charge in [-0.15, -0.1) is 5.73 Å². The Hall–Kier alpha value is -1.01. The SMILES string of the molecule is CCC(C)C=C=C(C)CCCC(=O)OCC(C)CC. The minimum atomic E-state index is -0.0704. The van der Waals surface area contributed by atoms with E-state index in [0.717, 1.165) is 25.7 Å².